The first kappa shape index (κ1) is 20.5. The van der Waals surface area contributed by atoms with E-state index in [-0.39, 0.29) is 5.92 Å². The first-order valence-corrected chi connectivity index (χ1v) is 8.89. The highest BCUT2D eigenvalue weighted by Crippen LogP contribution is 2.29. The molecule has 1 heterocycles. The van der Waals surface area contributed by atoms with E-state index in [9.17, 15) is 19.5 Å². The fourth-order valence-corrected chi connectivity index (χ4v) is 2.84. The van der Waals surface area contributed by atoms with Crippen LogP contribution in [0.2, 0.25) is 0 Å². The van der Waals surface area contributed by atoms with Gasteiger partial charge in [0.2, 0.25) is 0 Å². The summed E-state index contributed by atoms with van der Waals surface area (Å²) >= 11 is 0. The summed E-state index contributed by atoms with van der Waals surface area (Å²) in [6.07, 6.45) is -0.261. The van der Waals surface area contributed by atoms with Crippen LogP contribution in [0.3, 0.4) is 0 Å². The largest absolute Gasteiger partial charge is 0.548 e. The highest BCUT2D eigenvalue weighted by Gasteiger charge is 2.23. The zero-order valence-electron chi connectivity index (χ0n) is 16.1. The van der Waals surface area contributed by atoms with Crippen LogP contribution in [-0.4, -0.2) is 24.0 Å². The summed E-state index contributed by atoms with van der Waals surface area (Å²) in [5.74, 6) is -1.85. The molecule has 1 aromatic carbocycles. The van der Waals surface area contributed by atoms with Gasteiger partial charge in [0.1, 0.15) is 11.3 Å². The number of rotatable bonds is 7. The number of hydrogen-bond acceptors (Lipinski definition) is 6. The smallest absolute Gasteiger partial charge is 0.336 e. The molecular formula is C20H24NO6-. The maximum Gasteiger partial charge on any atom is 0.336 e. The third kappa shape index (κ3) is 4.48. The Hall–Kier alpha value is -2.83. The van der Waals surface area contributed by atoms with E-state index in [1.165, 1.54) is 13.0 Å². The average molecular weight is 374 g/mol. The zero-order valence-corrected chi connectivity index (χ0v) is 16.1. The second-order valence-electron chi connectivity index (χ2n) is 6.82. The van der Waals surface area contributed by atoms with Crippen LogP contribution in [0.25, 0.3) is 11.0 Å². The van der Waals surface area contributed by atoms with Crippen molar-refractivity contribution in [2.24, 2.45) is 5.92 Å². The summed E-state index contributed by atoms with van der Waals surface area (Å²) < 4.78 is 11.0. The Morgan fingerprint density at radius 2 is 1.93 bits per heavy atom. The van der Waals surface area contributed by atoms with Crippen molar-refractivity contribution in [3.05, 3.63) is 39.7 Å². The van der Waals surface area contributed by atoms with Gasteiger partial charge < -0.3 is 24.4 Å². The molecule has 0 bridgehead atoms. The third-order valence-electron chi connectivity index (χ3n) is 4.47. The van der Waals surface area contributed by atoms with E-state index in [1.807, 2.05) is 6.92 Å². The van der Waals surface area contributed by atoms with E-state index < -0.39 is 29.6 Å². The fraction of sp³-hybridized carbons (Fsp3) is 0.450. The number of amides is 1. The fourth-order valence-electron chi connectivity index (χ4n) is 2.84. The molecule has 146 valence electrons. The lowest BCUT2D eigenvalue weighted by Gasteiger charge is -2.25. The number of carboxylic acid groups (broad SMARTS) is 1. The highest BCUT2D eigenvalue weighted by molar-refractivity contribution is 5.87. The van der Waals surface area contributed by atoms with Gasteiger partial charge in [-0.05, 0) is 43.9 Å². The van der Waals surface area contributed by atoms with Gasteiger partial charge in [-0.2, -0.15) is 0 Å². The van der Waals surface area contributed by atoms with E-state index in [0.717, 1.165) is 10.9 Å². The summed E-state index contributed by atoms with van der Waals surface area (Å²) in [5.41, 5.74) is 1.44. The minimum atomic E-state index is -1.35. The molecule has 0 aliphatic heterocycles. The highest BCUT2D eigenvalue weighted by atomic mass is 16.5. The third-order valence-corrected chi connectivity index (χ3v) is 4.47. The molecule has 0 aliphatic rings. The summed E-state index contributed by atoms with van der Waals surface area (Å²) in [4.78, 5) is 35.2. The van der Waals surface area contributed by atoms with Crippen LogP contribution in [0.15, 0.2) is 27.4 Å². The molecule has 2 atom stereocenters. The first-order valence-electron chi connectivity index (χ1n) is 8.89. The van der Waals surface area contributed by atoms with E-state index in [2.05, 4.69) is 5.32 Å². The Balaban J connectivity index is 2.27. The lowest BCUT2D eigenvalue weighted by molar-refractivity contribution is -0.309. The van der Waals surface area contributed by atoms with Crippen LogP contribution in [0, 0.1) is 12.8 Å². The standard InChI is InChI=1S/C20H25NO6/c1-6-13-9-16(22)27-18-11(4)15(8-7-14(13)18)26-12(5)19(23)21-17(10(2)3)20(24)25/h7-10,12,17H,6H2,1-5H3,(H,21,23)(H,24,25)/p-1/t12-,17-/m0/s1. The molecular weight excluding hydrogens is 350 g/mol. The lowest BCUT2D eigenvalue weighted by atomic mass is 10.0. The van der Waals surface area contributed by atoms with Crippen molar-refractivity contribution in [2.45, 2.75) is 53.2 Å². The van der Waals surface area contributed by atoms with E-state index >= 15 is 0 Å². The van der Waals surface area contributed by atoms with Crippen molar-refractivity contribution in [3.8, 4) is 5.75 Å². The molecule has 0 saturated heterocycles. The van der Waals surface area contributed by atoms with Crippen LogP contribution in [0.4, 0.5) is 0 Å². The molecule has 7 heteroatoms. The van der Waals surface area contributed by atoms with E-state index in [0.29, 0.717) is 23.3 Å². The van der Waals surface area contributed by atoms with Crippen molar-refractivity contribution >= 4 is 22.8 Å². The molecule has 0 aliphatic carbocycles. The molecule has 0 radical (unpaired) electrons. The predicted octanol–water partition coefficient (Wildman–Crippen LogP) is 1.32. The maximum atomic E-state index is 12.3. The van der Waals surface area contributed by atoms with Gasteiger partial charge >= 0.3 is 5.63 Å². The summed E-state index contributed by atoms with van der Waals surface area (Å²) in [5, 5.41) is 14.4. The number of fused-ring (bicyclic) bond motifs is 1. The van der Waals surface area contributed by atoms with Crippen LogP contribution >= 0.6 is 0 Å². The molecule has 2 rings (SSSR count). The minimum Gasteiger partial charge on any atom is -0.548 e. The summed E-state index contributed by atoms with van der Waals surface area (Å²) in [7, 11) is 0. The van der Waals surface area contributed by atoms with Gasteiger partial charge in [-0.25, -0.2) is 4.79 Å². The molecule has 0 spiro atoms. The minimum absolute atomic E-state index is 0.324. The maximum absolute atomic E-state index is 12.3. The number of benzene rings is 1. The normalized spacial score (nSPS) is 13.4. The SMILES string of the molecule is CCc1cc(=O)oc2c(C)c(O[C@@H](C)C(=O)N[C@H](C(=O)[O-])C(C)C)ccc12. The van der Waals surface area contributed by atoms with Gasteiger partial charge in [-0.3, -0.25) is 4.79 Å². The van der Waals surface area contributed by atoms with Crippen molar-refractivity contribution in [1.82, 2.24) is 5.32 Å². The quantitative estimate of drug-likeness (QED) is 0.732. The Kier molecular flexibility index (Phi) is 6.25. The topological polar surface area (TPSA) is 109 Å². The molecule has 0 fully saturated rings. The second-order valence-corrected chi connectivity index (χ2v) is 6.82. The van der Waals surface area contributed by atoms with Crippen molar-refractivity contribution in [3.63, 3.8) is 0 Å². The predicted molar refractivity (Wildman–Crippen MR) is 98.5 cm³/mol. The van der Waals surface area contributed by atoms with Gasteiger partial charge in [0.15, 0.2) is 6.10 Å². The Bertz CT molecular complexity index is 915. The second kappa shape index (κ2) is 8.24. The number of carbonyl (C=O) groups is 2. The number of aliphatic carboxylic acids is 1. The molecule has 1 aromatic heterocycles. The van der Waals surface area contributed by atoms with Crippen molar-refractivity contribution in [2.75, 3.05) is 0 Å². The van der Waals surface area contributed by atoms with Gasteiger partial charge in [-0.1, -0.05) is 20.8 Å². The number of aryl methyl sites for hydroxylation is 2. The Morgan fingerprint density at radius 3 is 2.48 bits per heavy atom. The molecule has 1 amide bonds. The van der Waals surface area contributed by atoms with Crippen molar-refractivity contribution < 1.29 is 23.8 Å². The number of carboxylic acids is 1. The summed E-state index contributed by atoms with van der Waals surface area (Å²) in [6, 6.07) is 3.85. The number of carbonyl (C=O) groups excluding carboxylic acids is 2. The van der Waals surface area contributed by atoms with Crippen LogP contribution < -0.4 is 20.8 Å². The number of ether oxygens (including phenoxy) is 1. The molecule has 2 aromatic rings. The van der Waals surface area contributed by atoms with E-state index in [4.69, 9.17) is 9.15 Å². The van der Waals surface area contributed by atoms with Gasteiger partial charge in [-0.15, -0.1) is 0 Å². The monoisotopic (exact) mass is 374 g/mol. The van der Waals surface area contributed by atoms with Crippen LogP contribution in [0.1, 0.15) is 38.8 Å². The first-order chi connectivity index (χ1) is 12.6. The van der Waals surface area contributed by atoms with Crippen LogP contribution in [0.5, 0.6) is 5.75 Å². The summed E-state index contributed by atoms with van der Waals surface area (Å²) in [6.45, 7) is 8.55. The molecule has 27 heavy (non-hydrogen) atoms. The molecule has 0 saturated carbocycles. The lowest BCUT2D eigenvalue weighted by Crippen LogP contribution is -2.53. The Labute approximate surface area is 157 Å². The molecule has 7 nitrogen and oxygen atoms in total. The molecule has 1 N–H and O–H groups in total. The zero-order chi connectivity index (χ0) is 20.3. The van der Waals surface area contributed by atoms with Crippen LogP contribution in [-0.2, 0) is 16.0 Å². The van der Waals surface area contributed by atoms with E-state index in [1.54, 1.807) is 32.9 Å². The molecule has 0 unspecified atom stereocenters. The van der Waals surface area contributed by atoms with Crippen molar-refractivity contribution in [1.29, 1.82) is 0 Å². The Morgan fingerprint density at radius 1 is 1.26 bits per heavy atom. The number of nitrogens with one attached hydrogen (secondary N) is 1. The average Bonchev–Trinajstić information content (AvgIpc) is 2.60. The van der Waals surface area contributed by atoms with Gasteiger partial charge in [0.05, 0.1) is 12.0 Å². The van der Waals surface area contributed by atoms with Gasteiger partial charge in [0, 0.05) is 17.0 Å². The number of hydrogen-bond donors (Lipinski definition) is 1. The van der Waals surface area contributed by atoms with Gasteiger partial charge in [0.25, 0.3) is 5.91 Å².